The average molecular weight is 448 g/mol. The number of phosphoric acid groups is 1. The predicted molar refractivity (Wildman–Crippen MR) is 116 cm³/mol. The first kappa shape index (κ1) is 26.9. The number of nitrogens with zero attached hydrogens (tertiary/aromatic N) is 1. The van der Waals surface area contributed by atoms with Crippen LogP contribution in [0, 0.1) is 0 Å². The van der Waals surface area contributed by atoms with Crippen LogP contribution in [0.5, 0.6) is 0 Å². The highest BCUT2D eigenvalue weighted by atomic mass is 31.2. The Morgan fingerprint density at radius 3 is 2.03 bits per heavy atom. The van der Waals surface area contributed by atoms with Crippen molar-refractivity contribution >= 4 is 13.9 Å². The van der Waals surface area contributed by atoms with E-state index in [1.807, 2.05) is 45.9 Å². The molecule has 0 saturated carbocycles. The zero-order valence-corrected chi connectivity index (χ0v) is 20.1. The molecule has 0 radical (unpaired) electrons. The summed E-state index contributed by atoms with van der Waals surface area (Å²) < 4.78 is 38.5. The van der Waals surface area contributed by atoms with Crippen LogP contribution in [-0.2, 0) is 27.6 Å². The molecule has 0 bridgehead atoms. The predicted octanol–water partition coefficient (Wildman–Crippen LogP) is 5.45. The molecule has 0 aromatic rings. The summed E-state index contributed by atoms with van der Waals surface area (Å²) in [6.45, 7) is 12.6. The molecule has 8 nitrogen and oxygen atoms in total. The number of hydrogen-bond acceptors (Lipinski definition) is 7. The van der Waals surface area contributed by atoms with Crippen molar-refractivity contribution in [3.8, 4) is 0 Å². The first-order valence-corrected chi connectivity index (χ1v) is 12.0. The second-order valence-corrected chi connectivity index (χ2v) is 9.58. The van der Waals surface area contributed by atoms with Crippen LogP contribution in [0.1, 0.15) is 60.8 Å². The van der Waals surface area contributed by atoms with Crippen molar-refractivity contribution in [3.63, 3.8) is 0 Å². The van der Waals surface area contributed by atoms with E-state index in [-0.39, 0.29) is 38.1 Å². The molecule has 9 heteroatoms. The van der Waals surface area contributed by atoms with Gasteiger partial charge < -0.3 is 9.47 Å². The molecule has 174 valence electrons. The molecular weight excluding hydrogens is 409 g/mol. The highest BCUT2D eigenvalue weighted by Crippen LogP contribution is 2.49. The van der Waals surface area contributed by atoms with Crippen LogP contribution in [0.2, 0.25) is 0 Å². The number of unbranched alkanes of at least 4 members (excludes halogenated alkanes) is 2. The SMILES string of the molecule is CCOP(=O)(OCC)OC/C=C/CCC/C=C/COC(=O)N1C(C)(C)COC1(C)C. The van der Waals surface area contributed by atoms with Gasteiger partial charge in [-0.25, -0.2) is 9.36 Å². The molecule has 1 heterocycles. The van der Waals surface area contributed by atoms with Gasteiger partial charge in [0.1, 0.15) is 12.3 Å². The van der Waals surface area contributed by atoms with Gasteiger partial charge in [-0.15, -0.1) is 0 Å². The van der Waals surface area contributed by atoms with Crippen molar-refractivity contribution in [1.82, 2.24) is 4.90 Å². The highest BCUT2D eigenvalue weighted by molar-refractivity contribution is 7.48. The summed E-state index contributed by atoms with van der Waals surface area (Å²) >= 11 is 0. The summed E-state index contributed by atoms with van der Waals surface area (Å²) in [5.74, 6) is 0. The maximum atomic E-state index is 12.4. The van der Waals surface area contributed by atoms with Crippen LogP contribution in [0.25, 0.3) is 0 Å². The van der Waals surface area contributed by atoms with E-state index >= 15 is 0 Å². The molecule has 1 rings (SSSR count). The lowest BCUT2D eigenvalue weighted by Gasteiger charge is -2.36. The minimum absolute atomic E-state index is 0.177. The van der Waals surface area contributed by atoms with E-state index in [2.05, 4.69) is 0 Å². The summed E-state index contributed by atoms with van der Waals surface area (Å²) in [6.07, 6.45) is 9.90. The first-order chi connectivity index (χ1) is 14.1. The maximum absolute atomic E-state index is 12.4. The number of phosphoric ester groups is 1. The molecular formula is C21H38NO7P. The van der Waals surface area contributed by atoms with Crippen molar-refractivity contribution in [1.29, 1.82) is 0 Å². The fourth-order valence-corrected chi connectivity index (χ4v) is 4.27. The number of rotatable bonds is 13. The lowest BCUT2D eigenvalue weighted by molar-refractivity contribution is -0.0503. The van der Waals surface area contributed by atoms with Gasteiger partial charge in [-0.2, -0.15) is 0 Å². The van der Waals surface area contributed by atoms with Gasteiger partial charge in [-0.1, -0.05) is 24.3 Å². The van der Waals surface area contributed by atoms with E-state index in [0.29, 0.717) is 6.61 Å². The minimum Gasteiger partial charge on any atom is -0.445 e. The fourth-order valence-electron chi connectivity index (χ4n) is 3.15. The second-order valence-electron chi connectivity index (χ2n) is 7.91. The number of amides is 1. The molecule has 1 aliphatic rings. The van der Waals surface area contributed by atoms with E-state index in [4.69, 9.17) is 23.0 Å². The lowest BCUT2D eigenvalue weighted by Crippen LogP contribution is -2.52. The highest BCUT2D eigenvalue weighted by Gasteiger charge is 2.49. The molecule has 0 aliphatic carbocycles. The summed E-state index contributed by atoms with van der Waals surface area (Å²) in [4.78, 5) is 14.0. The van der Waals surface area contributed by atoms with E-state index in [1.165, 1.54) is 0 Å². The smallest absolute Gasteiger partial charge is 0.445 e. The molecule has 1 amide bonds. The molecule has 0 spiro atoms. The van der Waals surface area contributed by atoms with Crippen molar-refractivity contribution in [3.05, 3.63) is 24.3 Å². The van der Waals surface area contributed by atoms with Crippen LogP contribution in [0.15, 0.2) is 24.3 Å². The minimum atomic E-state index is -3.44. The average Bonchev–Trinajstić information content (AvgIpc) is 2.87. The first-order valence-electron chi connectivity index (χ1n) is 10.5. The van der Waals surface area contributed by atoms with Gasteiger partial charge in [0.25, 0.3) is 0 Å². The van der Waals surface area contributed by atoms with Crippen LogP contribution >= 0.6 is 7.82 Å². The fraction of sp³-hybridized carbons (Fsp3) is 0.762. The van der Waals surface area contributed by atoms with Gasteiger partial charge in [-0.3, -0.25) is 18.5 Å². The largest absolute Gasteiger partial charge is 0.475 e. The molecule has 0 aromatic carbocycles. The Kier molecular flexibility index (Phi) is 11.3. The Morgan fingerprint density at radius 2 is 1.53 bits per heavy atom. The Bertz CT molecular complexity index is 605. The zero-order valence-electron chi connectivity index (χ0n) is 19.2. The van der Waals surface area contributed by atoms with Crippen molar-refractivity contribution in [2.45, 2.75) is 72.1 Å². The molecule has 0 aromatic heterocycles. The van der Waals surface area contributed by atoms with Crippen molar-refractivity contribution in [2.75, 3.05) is 33.0 Å². The lowest BCUT2D eigenvalue weighted by atomic mass is 10.0. The number of allylic oxidation sites excluding steroid dienone is 2. The third-order valence-electron chi connectivity index (χ3n) is 4.39. The van der Waals surface area contributed by atoms with Crippen LogP contribution in [0.3, 0.4) is 0 Å². The van der Waals surface area contributed by atoms with E-state index in [1.54, 1.807) is 24.8 Å². The summed E-state index contributed by atoms with van der Waals surface area (Å²) in [5, 5.41) is 0. The Morgan fingerprint density at radius 1 is 0.967 bits per heavy atom. The van der Waals surface area contributed by atoms with Gasteiger partial charge >= 0.3 is 13.9 Å². The van der Waals surface area contributed by atoms with Gasteiger partial charge in [0.2, 0.25) is 0 Å². The summed E-state index contributed by atoms with van der Waals surface area (Å²) in [5.41, 5.74) is -1.06. The van der Waals surface area contributed by atoms with Gasteiger partial charge in [0.05, 0.1) is 32.0 Å². The maximum Gasteiger partial charge on any atom is 0.475 e. The molecule has 0 unspecified atom stereocenters. The topological polar surface area (TPSA) is 83.5 Å². The molecule has 1 aliphatic heterocycles. The van der Waals surface area contributed by atoms with Gasteiger partial charge in [-0.05, 0) is 60.8 Å². The van der Waals surface area contributed by atoms with E-state index < -0.39 is 13.5 Å². The molecule has 30 heavy (non-hydrogen) atoms. The summed E-state index contributed by atoms with van der Waals surface area (Å²) in [7, 11) is -3.44. The van der Waals surface area contributed by atoms with Crippen LogP contribution in [-0.4, -0.2) is 55.3 Å². The molecule has 0 N–H and O–H groups in total. The van der Waals surface area contributed by atoms with Crippen LogP contribution in [0.4, 0.5) is 4.79 Å². The molecule has 1 fully saturated rings. The van der Waals surface area contributed by atoms with Crippen molar-refractivity contribution < 1.29 is 32.4 Å². The summed E-state index contributed by atoms with van der Waals surface area (Å²) in [6, 6.07) is 0. The Balaban J connectivity index is 2.19. The number of carbonyl (C=O) groups is 1. The number of carbonyl (C=O) groups excluding carboxylic acids is 1. The quantitative estimate of drug-likeness (QED) is 0.211. The number of ether oxygens (including phenoxy) is 2. The Labute approximate surface area is 181 Å². The number of hydrogen-bond donors (Lipinski definition) is 0. The molecule has 0 atom stereocenters. The van der Waals surface area contributed by atoms with Gasteiger partial charge in [0, 0.05) is 0 Å². The van der Waals surface area contributed by atoms with E-state index in [9.17, 15) is 9.36 Å². The molecule has 1 saturated heterocycles. The standard InChI is InChI=1S/C21H38NO7P/c1-7-27-30(24,28-8-2)29-17-15-13-11-9-10-12-14-16-25-19(23)22-20(3,4)18-26-21(22,5)6/h12-15H,7-11,16-18H2,1-6H3/b14-12+,15-13+. The monoisotopic (exact) mass is 447 g/mol. The van der Waals surface area contributed by atoms with Gasteiger partial charge in [0.15, 0.2) is 0 Å². The van der Waals surface area contributed by atoms with Crippen LogP contribution < -0.4 is 0 Å². The third-order valence-corrected chi connectivity index (χ3v) is 6.00. The third kappa shape index (κ3) is 8.90. The second kappa shape index (κ2) is 12.6. The van der Waals surface area contributed by atoms with E-state index in [0.717, 1.165) is 19.3 Å². The Hall–Kier alpha value is -1.18. The normalized spacial score (nSPS) is 18.5. The van der Waals surface area contributed by atoms with Crippen molar-refractivity contribution in [2.24, 2.45) is 0 Å². The zero-order chi connectivity index (χ0) is 22.7.